The van der Waals surface area contributed by atoms with Crippen molar-refractivity contribution in [1.29, 1.82) is 0 Å². The summed E-state index contributed by atoms with van der Waals surface area (Å²) in [6.07, 6.45) is 1.63. The minimum absolute atomic E-state index is 0.297. The molecule has 0 radical (unpaired) electrons. The van der Waals surface area contributed by atoms with Gasteiger partial charge in [0.25, 0.3) is 5.91 Å². The first kappa shape index (κ1) is 14.9. The number of amides is 1. The van der Waals surface area contributed by atoms with E-state index in [0.29, 0.717) is 19.8 Å². The van der Waals surface area contributed by atoms with Crippen molar-refractivity contribution < 1.29 is 4.79 Å². The van der Waals surface area contributed by atoms with Crippen molar-refractivity contribution in [2.75, 3.05) is 11.1 Å². The molecule has 2 heterocycles. The van der Waals surface area contributed by atoms with E-state index in [4.69, 9.17) is 18.0 Å². The highest BCUT2D eigenvalue weighted by atomic mass is 32.1. The second kappa shape index (κ2) is 5.99. The number of hydrogen-bond acceptors (Lipinski definition) is 6. The van der Waals surface area contributed by atoms with Crippen LogP contribution in [0.1, 0.15) is 15.2 Å². The lowest BCUT2D eigenvalue weighted by Crippen LogP contribution is -2.13. The number of anilines is 2. The fourth-order valence-corrected chi connectivity index (χ4v) is 3.71. The molecule has 0 unspecified atom stereocenters. The summed E-state index contributed by atoms with van der Waals surface area (Å²) in [7, 11) is 0. The van der Waals surface area contributed by atoms with E-state index in [1.165, 1.54) is 22.7 Å². The van der Waals surface area contributed by atoms with Crippen LogP contribution in [0.2, 0.25) is 0 Å². The van der Waals surface area contributed by atoms with Crippen LogP contribution in [-0.4, -0.2) is 15.5 Å². The number of aryl methyl sites for hydroxylation is 1. The molecule has 1 amide bonds. The van der Waals surface area contributed by atoms with Gasteiger partial charge in [0, 0.05) is 17.3 Å². The van der Waals surface area contributed by atoms with Crippen LogP contribution < -0.4 is 11.1 Å². The molecule has 5 nitrogen and oxygen atoms in total. The largest absolute Gasteiger partial charge is 0.383 e. The Hall–Kier alpha value is -2.03. The second-order valence-corrected chi connectivity index (χ2v) is 7.08. The molecule has 0 aliphatic carbocycles. The lowest BCUT2D eigenvalue weighted by molar-refractivity contribution is 0.103. The molecule has 3 rings (SSSR count). The topological polar surface area (TPSA) is 72.9 Å². The van der Waals surface area contributed by atoms with Crippen LogP contribution in [0.3, 0.4) is 0 Å². The molecule has 22 heavy (non-hydrogen) atoms. The van der Waals surface area contributed by atoms with Gasteiger partial charge >= 0.3 is 0 Å². The molecule has 2 aromatic heterocycles. The van der Waals surface area contributed by atoms with Gasteiger partial charge in [0.05, 0.1) is 0 Å². The molecule has 0 aliphatic rings. The molecular weight excluding hydrogens is 336 g/mol. The number of thiazole rings is 2. The van der Waals surface area contributed by atoms with E-state index in [9.17, 15) is 4.79 Å². The number of benzene rings is 1. The lowest BCUT2D eigenvalue weighted by atomic mass is 10.2. The van der Waals surface area contributed by atoms with Gasteiger partial charge in [-0.25, -0.2) is 4.98 Å². The van der Waals surface area contributed by atoms with Gasteiger partial charge < -0.3 is 5.73 Å². The Morgan fingerprint density at radius 3 is 2.73 bits per heavy atom. The van der Waals surface area contributed by atoms with Crippen molar-refractivity contribution in [3.05, 3.63) is 50.2 Å². The minimum atomic E-state index is -0.297. The third kappa shape index (κ3) is 2.80. The fourth-order valence-electron chi connectivity index (χ4n) is 1.93. The minimum Gasteiger partial charge on any atom is -0.383 e. The molecule has 0 aliphatic heterocycles. The maximum atomic E-state index is 12.3. The maximum Gasteiger partial charge on any atom is 0.271 e. The molecule has 1 aromatic carbocycles. The molecule has 0 fully saturated rings. The van der Waals surface area contributed by atoms with E-state index >= 15 is 0 Å². The van der Waals surface area contributed by atoms with E-state index < -0.39 is 0 Å². The molecule has 0 saturated carbocycles. The van der Waals surface area contributed by atoms with Gasteiger partial charge in [-0.05, 0) is 31.3 Å². The van der Waals surface area contributed by atoms with Crippen molar-refractivity contribution in [3.8, 4) is 5.69 Å². The number of aromatic nitrogens is 2. The van der Waals surface area contributed by atoms with Gasteiger partial charge in [0.1, 0.15) is 10.7 Å². The van der Waals surface area contributed by atoms with E-state index in [0.717, 1.165) is 11.3 Å². The molecule has 8 heteroatoms. The standard InChI is InChI=1S/C14H12N4OS3/c1-8-2-4-9(5-3-8)18-11(15)10(22-14(18)20)12(19)17-13-16-6-7-21-13/h2-7H,15H2,1H3,(H,16,17,19). The number of carbonyl (C=O) groups excluding carboxylic acids is 1. The Balaban J connectivity index is 1.98. The average Bonchev–Trinajstić information content (AvgIpc) is 3.09. The average molecular weight is 348 g/mol. The second-order valence-electron chi connectivity index (χ2n) is 4.54. The normalized spacial score (nSPS) is 10.6. The third-order valence-electron chi connectivity index (χ3n) is 3.00. The van der Waals surface area contributed by atoms with E-state index in [2.05, 4.69) is 10.3 Å². The SMILES string of the molecule is Cc1ccc(-n2c(N)c(C(=O)Nc3nccs3)sc2=S)cc1. The molecule has 0 bridgehead atoms. The summed E-state index contributed by atoms with van der Waals surface area (Å²) < 4.78 is 2.24. The van der Waals surface area contributed by atoms with Crippen molar-refractivity contribution in [1.82, 2.24) is 9.55 Å². The van der Waals surface area contributed by atoms with Gasteiger partial charge in [-0.2, -0.15) is 0 Å². The van der Waals surface area contributed by atoms with Crippen molar-refractivity contribution in [2.24, 2.45) is 0 Å². The summed E-state index contributed by atoms with van der Waals surface area (Å²) in [5.41, 5.74) is 8.12. The van der Waals surface area contributed by atoms with Crippen molar-refractivity contribution in [2.45, 2.75) is 6.92 Å². The van der Waals surface area contributed by atoms with E-state index in [1.807, 2.05) is 31.2 Å². The highest BCUT2D eigenvalue weighted by Gasteiger charge is 2.18. The summed E-state index contributed by atoms with van der Waals surface area (Å²) in [5.74, 6) is 0.0438. The van der Waals surface area contributed by atoms with Crippen LogP contribution in [0.5, 0.6) is 0 Å². The predicted molar refractivity (Wildman–Crippen MR) is 93.7 cm³/mol. The van der Waals surface area contributed by atoms with E-state index in [1.54, 1.807) is 16.1 Å². The van der Waals surface area contributed by atoms with Crippen molar-refractivity contribution >= 4 is 51.7 Å². The van der Waals surface area contributed by atoms with Crippen LogP contribution in [0.4, 0.5) is 10.9 Å². The fraction of sp³-hybridized carbons (Fsp3) is 0.0714. The number of rotatable bonds is 3. The number of nitrogens with two attached hydrogens (primary N) is 1. The van der Waals surface area contributed by atoms with Crippen LogP contribution in [0.25, 0.3) is 5.69 Å². The molecule has 0 saturated heterocycles. The first-order valence-electron chi connectivity index (χ1n) is 6.35. The number of hydrogen-bond donors (Lipinski definition) is 2. The van der Waals surface area contributed by atoms with Gasteiger partial charge in [0.2, 0.25) is 0 Å². The van der Waals surface area contributed by atoms with E-state index in [-0.39, 0.29) is 5.91 Å². The van der Waals surface area contributed by atoms with Crippen LogP contribution in [-0.2, 0) is 0 Å². The van der Waals surface area contributed by atoms with Gasteiger partial charge in [-0.3, -0.25) is 14.7 Å². The first-order valence-corrected chi connectivity index (χ1v) is 8.46. The number of nitrogens with zero attached hydrogens (tertiary/aromatic N) is 2. The Morgan fingerprint density at radius 1 is 1.36 bits per heavy atom. The molecule has 3 aromatic rings. The number of nitrogen functional groups attached to an aromatic ring is 1. The van der Waals surface area contributed by atoms with Crippen molar-refractivity contribution in [3.63, 3.8) is 0 Å². The molecule has 112 valence electrons. The molecule has 3 N–H and O–H groups in total. The maximum absolute atomic E-state index is 12.3. The zero-order valence-electron chi connectivity index (χ0n) is 11.6. The summed E-state index contributed by atoms with van der Waals surface area (Å²) in [6.45, 7) is 2.01. The predicted octanol–water partition coefficient (Wildman–Crippen LogP) is 3.87. The van der Waals surface area contributed by atoms with Gasteiger partial charge in [0.15, 0.2) is 9.09 Å². The lowest BCUT2D eigenvalue weighted by Gasteiger charge is -2.06. The zero-order chi connectivity index (χ0) is 15.7. The van der Waals surface area contributed by atoms with Gasteiger partial charge in [-0.1, -0.05) is 29.0 Å². The summed E-state index contributed by atoms with van der Waals surface area (Å²) in [4.78, 5) is 16.7. The van der Waals surface area contributed by atoms with Crippen LogP contribution in [0.15, 0.2) is 35.8 Å². The summed E-state index contributed by atoms with van der Waals surface area (Å²) in [5, 5.41) is 5.04. The Bertz CT molecular complexity index is 863. The summed E-state index contributed by atoms with van der Waals surface area (Å²) in [6, 6.07) is 7.81. The zero-order valence-corrected chi connectivity index (χ0v) is 14.0. The summed E-state index contributed by atoms with van der Waals surface area (Å²) >= 11 is 7.89. The van der Waals surface area contributed by atoms with Crippen LogP contribution >= 0.6 is 34.9 Å². The molecule has 0 spiro atoms. The Morgan fingerprint density at radius 2 is 2.09 bits per heavy atom. The number of nitrogens with one attached hydrogen (secondary N) is 1. The molecular formula is C14H12N4OS3. The highest BCUT2D eigenvalue weighted by molar-refractivity contribution is 7.73. The van der Waals surface area contributed by atoms with Gasteiger partial charge in [-0.15, -0.1) is 11.3 Å². The quantitative estimate of drug-likeness (QED) is 0.705. The smallest absolute Gasteiger partial charge is 0.271 e. The first-order chi connectivity index (χ1) is 10.6. The highest BCUT2D eigenvalue weighted by Crippen LogP contribution is 2.27. The number of carbonyl (C=O) groups is 1. The molecule has 0 atom stereocenters. The van der Waals surface area contributed by atoms with Crippen LogP contribution in [0, 0.1) is 10.9 Å². The monoisotopic (exact) mass is 348 g/mol. The Kier molecular flexibility index (Phi) is 4.06. The third-order valence-corrected chi connectivity index (χ3v) is 5.07. The Labute approximate surface area is 140 Å².